The first-order valence-corrected chi connectivity index (χ1v) is 7.43. The number of hydrogen-bond acceptors (Lipinski definition) is 5. The number of rotatable bonds is 5. The van der Waals surface area contributed by atoms with Crippen LogP contribution in [0, 0.1) is 0 Å². The Morgan fingerprint density at radius 2 is 1.80 bits per heavy atom. The standard InChI is InChI=1S/C14H18ClN5O5/c1-7(10(19-14(24)25)13(23)20(2)3)17-11(21)12(22)18-9-5-4-8(15)6-16-9/h4-7,10,19H,1-3H3,(H,17,21)(H,24,25)(H,16,18,22)/t7-,10+/m1/s1. The average molecular weight is 372 g/mol. The molecular weight excluding hydrogens is 354 g/mol. The topological polar surface area (TPSA) is 141 Å². The maximum atomic E-state index is 12.0. The third-order valence-corrected chi connectivity index (χ3v) is 3.24. The van der Waals surface area contributed by atoms with E-state index in [2.05, 4.69) is 15.6 Å². The molecule has 0 unspecified atom stereocenters. The molecular formula is C14H18ClN5O5. The van der Waals surface area contributed by atoms with E-state index in [1.54, 1.807) is 0 Å². The summed E-state index contributed by atoms with van der Waals surface area (Å²) in [6.07, 6.45) is -0.142. The molecule has 136 valence electrons. The zero-order chi connectivity index (χ0) is 19.1. The van der Waals surface area contributed by atoms with Gasteiger partial charge in [0.05, 0.1) is 11.1 Å². The summed E-state index contributed by atoms with van der Waals surface area (Å²) in [5.74, 6) is -2.53. The third kappa shape index (κ3) is 6.26. The summed E-state index contributed by atoms with van der Waals surface area (Å²) in [7, 11) is 2.87. The summed E-state index contributed by atoms with van der Waals surface area (Å²) in [6.45, 7) is 1.40. The quantitative estimate of drug-likeness (QED) is 0.533. The van der Waals surface area contributed by atoms with Crippen LogP contribution in [0.1, 0.15) is 6.92 Å². The zero-order valence-corrected chi connectivity index (χ0v) is 14.5. The maximum Gasteiger partial charge on any atom is 0.405 e. The summed E-state index contributed by atoms with van der Waals surface area (Å²) in [4.78, 5) is 51.6. The normalized spacial score (nSPS) is 12.5. The summed E-state index contributed by atoms with van der Waals surface area (Å²) in [5, 5.41) is 15.7. The Kier molecular flexibility index (Phi) is 7.12. The molecule has 10 nitrogen and oxygen atoms in total. The van der Waals surface area contributed by atoms with Gasteiger partial charge in [-0.1, -0.05) is 11.6 Å². The largest absolute Gasteiger partial charge is 0.465 e. The number of carbonyl (C=O) groups is 4. The highest BCUT2D eigenvalue weighted by atomic mass is 35.5. The smallest absolute Gasteiger partial charge is 0.405 e. The molecule has 25 heavy (non-hydrogen) atoms. The monoisotopic (exact) mass is 371 g/mol. The molecule has 0 fully saturated rings. The molecule has 1 heterocycles. The van der Waals surface area contributed by atoms with Crippen molar-refractivity contribution >= 4 is 41.2 Å². The fourth-order valence-electron chi connectivity index (χ4n) is 1.79. The van der Waals surface area contributed by atoms with Crippen LogP contribution in [0.4, 0.5) is 10.6 Å². The summed E-state index contributed by atoms with van der Waals surface area (Å²) < 4.78 is 0. The van der Waals surface area contributed by atoms with Crippen LogP contribution in [0.3, 0.4) is 0 Å². The Labute approximate surface area is 148 Å². The molecule has 0 saturated heterocycles. The fraction of sp³-hybridized carbons (Fsp3) is 0.357. The number of carboxylic acid groups (broad SMARTS) is 1. The molecule has 4 amide bonds. The van der Waals surface area contributed by atoms with Crippen LogP contribution in [0.2, 0.25) is 5.02 Å². The Morgan fingerprint density at radius 3 is 2.28 bits per heavy atom. The van der Waals surface area contributed by atoms with Gasteiger partial charge in [0.1, 0.15) is 11.9 Å². The van der Waals surface area contributed by atoms with Gasteiger partial charge in [-0.25, -0.2) is 9.78 Å². The molecule has 1 aromatic rings. The van der Waals surface area contributed by atoms with E-state index >= 15 is 0 Å². The summed E-state index contributed by atoms with van der Waals surface area (Å²) in [5.41, 5.74) is 0. The van der Waals surface area contributed by atoms with Crippen LogP contribution >= 0.6 is 11.6 Å². The van der Waals surface area contributed by atoms with Crippen molar-refractivity contribution in [2.24, 2.45) is 0 Å². The Balaban J connectivity index is 2.74. The van der Waals surface area contributed by atoms with Crippen LogP contribution in [-0.2, 0) is 14.4 Å². The number of anilines is 1. The summed E-state index contributed by atoms with van der Waals surface area (Å²) >= 11 is 5.67. The lowest BCUT2D eigenvalue weighted by molar-refractivity contribution is -0.137. The molecule has 0 aliphatic carbocycles. The molecule has 0 spiro atoms. The second kappa shape index (κ2) is 8.83. The van der Waals surface area contributed by atoms with Crippen molar-refractivity contribution in [1.29, 1.82) is 0 Å². The number of nitrogens with zero attached hydrogens (tertiary/aromatic N) is 2. The highest BCUT2D eigenvalue weighted by molar-refractivity contribution is 6.39. The predicted molar refractivity (Wildman–Crippen MR) is 89.1 cm³/mol. The molecule has 0 bridgehead atoms. The van der Waals surface area contributed by atoms with Gasteiger partial charge in [-0.15, -0.1) is 0 Å². The van der Waals surface area contributed by atoms with E-state index in [0.29, 0.717) is 5.02 Å². The van der Waals surface area contributed by atoms with Gasteiger partial charge >= 0.3 is 17.9 Å². The third-order valence-electron chi connectivity index (χ3n) is 3.02. The van der Waals surface area contributed by atoms with Crippen LogP contribution in [0.15, 0.2) is 18.3 Å². The number of carbonyl (C=O) groups excluding carboxylic acids is 3. The molecule has 0 aliphatic rings. The van der Waals surface area contributed by atoms with Crippen LogP contribution in [0.25, 0.3) is 0 Å². The minimum Gasteiger partial charge on any atom is -0.465 e. The first-order valence-electron chi connectivity index (χ1n) is 7.05. The molecule has 0 radical (unpaired) electrons. The number of hydrogen-bond donors (Lipinski definition) is 4. The number of amides is 4. The van der Waals surface area contributed by atoms with Gasteiger partial charge in [0.2, 0.25) is 5.91 Å². The molecule has 4 N–H and O–H groups in total. The summed E-state index contributed by atoms with van der Waals surface area (Å²) in [6, 6.07) is 0.662. The van der Waals surface area contributed by atoms with Gasteiger partial charge in [0, 0.05) is 20.3 Å². The van der Waals surface area contributed by atoms with Crippen LogP contribution in [-0.4, -0.2) is 65.0 Å². The van der Waals surface area contributed by atoms with Gasteiger partial charge in [-0.2, -0.15) is 0 Å². The van der Waals surface area contributed by atoms with Crippen molar-refractivity contribution in [3.63, 3.8) is 0 Å². The van der Waals surface area contributed by atoms with E-state index < -0.39 is 35.9 Å². The Hall–Kier alpha value is -2.88. The van der Waals surface area contributed by atoms with Gasteiger partial charge in [-0.05, 0) is 19.1 Å². The Morgan fingerprint density at radius 1 is 1.16 bits per heavy atom. The van der Waals surface area contributed by atoms with E-state index in [9.17, 15) is 19.2 Å². The van der Waals surface area contributed by atoms with Gasteiger partial charge in [0.25, 0.3) is 0 Å². The Bertz CT molecular complexity index is 664. The second-order valence-electron chi connectivity index (χ2n) is 5.24. The maximum absolute atomic E-state index is 12.0. The first kappa shape index (κ1) is 20.2. The molecule has 0 saturated carbocycles. The average Bonchev–Trinajstić information content (AvgIpc) is 2.53. The number of aromatic nitrogens is 1. The van der Waals surface area contributed by atoms with Crippen molar-refractivity contribution in [1.82, 2.24) is 20.5 Å². The number of pyridine rings is 1. The van der Waals surface area contributed by atoms with Crippen molar-refractivity contribution in [3.8, 4) is 0 Å². The highest BCUT2D eigenvalue weighted by Crippen LogP contribution is 2.09. The molecule has 0 aromatic carbocycles. The molecule has 1 aromatic heterocycles. The first-order chi connectivity index (χ1) is 11.6. The van der Waals surface area contributed by atoms with E-state index in [0.717, 1.165) is 0 Å². The minimum atomic E-state index is -1.43. The lowest BCUT2D eigenvalue weighted by Crippen LogP contribution is -2.58. The zero-order valence-electron chi connectivity index (χ0n) is 13.7. The van der Waals surface area contributed by atoms with Crippen molar-refractivity contribution in [2.45, 2.75) is 19.0 Å². The van der Waals surface area contributed by atoms with Crippen molar-refractivity contribution in [2.75, 3.05) is 19.4 Å². The predicted octanol–water partition coefficient (Wildman–Crippen LogP) is -0.0974. The highest BCUT2D eigenvalue weighted by Gasteiger charge is 2.30. The van der Waals surface area contributed by atoms with E-state index in [1.165, 1.54) is 44.2 Å². The second-order valence-corrected chi connectivity index (χ2v) is 5.67. The number of halogens is 1. The van der Waals surface area contributed by atoms with Gasteiger partial charge in [0.15, 0.2) is 0 Å². The van der Waals surface area contributed by atoms with Gasteiger partial charge in [-0.3, -0.25) is 14.4 Å². The lowest BCUT2D eigenvalue weighted by Gasteiger charge is -2.26. The van der Waals surface area contributed by atoms with Crippen molar-refractivity contribution < 1.29 is 24.3 Å². The van der Waals surface area contributed by atoms with E-state index in [1.807, 2.05) is 5.32 Å². The van der Waals surface area contributed by atoms with Crippen LogP contribution in [0.5, 0.6) is 0 Å². The molecule has 1 rings (SSSR count). The lowest BCUT2D eigenvalue weighted by atomic mass is 10.1. The number of likely N-dealkylation sites (N-methyl/N-ethyl adjacent to an activating group) is 1. The molecule has 11 heteroatoms. The van der Waals surface area contributed by atoms with E-state index in [-0.39, 0.29) is 5.82 Å². The molecule has 2 atom stereocenters. The SMILES string of the molecule is C[C@@H](NC(=O)C(=O)Nc1ccc(Cl)cn1)[C@H](NC(=O)O)C(=O)N(C)C. The van der Waals surface area contributed by atoms with Crippen LogP contribution < -0.4 is 16.0 Å². The number of nitrogens with one attached hydrogen (secondary N) is 3. The molecule has 0 aliphatic heterocycles. The minimum absolute atomic E-state index is 0.113. The fourth-order valence-corrected chi connectivity index (χ4v) is 1.90. The van der Waals surface area contributed by atoms with Crippen molar-refractivity contribution in [3.05, 3.63) is 23.4 Å². The van der Waals surface area contributed by atoms with E-state index in [4.69, 9.17) is 16.7 Å². The van der Waals surface area contributed by atoms with Gasteiger partial charge < -0.3 is 26.0 Å².